The van der Waals surface area contributed by atoms with E-state index in [-0.39, 0.29) is 11.4 Å². The Morgan fingerprint density at radius 2 is 2.00 bits per heavy atom. The first-order valence-electron chi connectivity index (χ1n) is 8.18. The third kappa shape index (κ3) is 4.17. The van der Waals surface area contributed by atoms with Crippen LogP contribution in [0.5, 0.6) is 11.5 Å². The van der Waals surface area contributed by atoms with E-state index in [9.17, 15) is 4.39 Å². The van der Waals surface area contributed by atoms with Crippen molar-refractivity contribution in [1.29, 1.82) is 0 Å². The third-order valence-electron chi connectivity index (χ3n) is 4.27. The standard InChI is InChI=1S/C19H23FN2O2/c1-19(24-18-13-15(20)7-8-17(18)21)9-10-22(14-19)11-12-23-16-5-3-2-4-6-16/h2-8,13H,9-12,14,21H2,1H3. The van der Waals surface area contributed by atoms with Crippen molar-refractivity contribution < 1.29 is 13.9 Å². The van der Waals surface area contributed by atoms with Gasteiger partial charge in [0.1, 0.15) is 29.5 Å². The summed E-state index contributed by atoms with van der Waals surface area (Å²) in [6, 6.07) is 14.0. The molecular formula is C19H23FN2O2. The van der Waals surface area contributed by atoms with Crippen molar-refractivity contribution in [2.24, 2.45) is 0 Å². The van der Waals surface area contributed by atoms with Gasteiger partial charge in [-0.3, -0.25) is 4.90 Å². The Labute approximate surface area is 142 Å². The number of hydrogen-bond acceptors (Lipinski definition) is 4. The van der Waals surface area contributed by atoms with Gasteiger partial charge in [-0.1, -0.05) is 18.2 Å². The predicted octanol–water partition coefficient (Wildman–Crippen LogP) is 3.33. The first kappa shape index (κ1) is 16.6. The van der Waals surface area contributed by atoms with Gasteiger partial charge >= 0.3 is 0 Å². The molecule has 1 saturated heterocycles. The lowest BCUT2D eigenvalue weighted by Gasteiger charge is -2.27. The third-order valence-corrected chi connectivity index (χ3v) is 4.27. The Morgan fingerprint density at radius 1 is 1.21 bits per heavy atom. The highest BCUT2D eigenvalue weighted by molar-refractivity contribution is 5.52. The van der Waals surface area contributed by atoms with Gasteiger partial charge in [0.25, 0.3) is 0 Å². The Morgan fingerprint density at radius 3 is 2.79 bits per heavy atom. The fourth-order valence-electron chi connectivity index (χ4n) is 2.97. The van der Waals surface area contributed by atoms with E-state index in [4.69, 9.17) is 15.2 Å². The van der Waals surface area contributed by atoms with E-state index in [1.165, 1.54) is 18.2 Å². The molecule has 5 heteroatoms. The van der Waals surface area contributed by atoms with E-state index >= 15 is 0 Å². The Balaban J connectivity index is 1.51. The molecule has 0 amide bonds. The number of anilines is 1. The second-order valence-corrected chi connectivity index (χ2v) is 6.42. The van der Waals surface area contributed by atoms with Crippen molar-refractivity contribution >= 4 is 5.69 Å². The molecule has 0 spiro atoms. The summed E-state index contributed by atoms with van der Waals surface area (Å²) in [7, 11) is 0. The number of hydrogen-bond donors (Lipinski definition) is 1. The maximum atomic E-state index is 13.4. The van der Waals surface area contributed by atoms with Crippen molar-refractivity contribution in [2.45, 2.75) is 18.9 Å². The topological polar surface area (TPSA) is 47.7 Å². The maximum absolute atomic E-state index is 13.4. The zero-order valence-corrected chi connectivity index (χ0v) is 13.9. The lowest BCUT2D eigenvalue weighted by Crippen LogP contribution is -2.37. The second-order valence-electron chi connectivity index (χ2n) is 6.42. The normalized spacial score (nSPS) is 20.9. The summed E-state index contributed by atoms with van der Waals surface area (Å²) < 4.78 is 25.1. The number of ether oxygens (including phenoxy) is 2. The molecule has 1 heterocycles. The average molecular weight is 330 g/mol. The van der Waals surface area contributed by atoms with Crippen molar-refractivity contribution in [3.05, 3.63) is 54.3 Å². The molecule has 24 heavy (non-hydrogen) atoms. The van der Waals surface area contributed by atoms with E-state index < -0.39 is 0 Å². The van der Waals surface area contributed by atoms with E-state index in [0.717, 1.165) is 31.8 Å². The quantitative estimate of drug-likeness (QED) is 0.826. The van der Waals surface area contributed by atoms with Gasteiger partial charge in [-0.2, -0.15) is 0 Å². The summed E-state index contributed by atoms with van der Waals surface area (Å²) in [4.78, 5) is 2.29. The van der Waals surface area contributed by atoms with E-state index in [1.807, 2.05) is 37.3 Å². The highest BCUT2D eigenvalue weighted by Gasteiger charge is 2.36. The molecule has 0 saturated carbocycles. The molecule has 2 aromatic carbocycles. The molecule has 0 radical (unpaired) electrons. The van der Waals surface area contributed by atoms with Gasteiger partial charge < -0.3 is 15.2 Å². The highest BCUT2D eigenvalue weighted by Crippen LogP contribution is 2.31. The molecule has 0 aliphatic carbocycles. The fourth-order valence-corrected chi connectivity index (χ4v) is 2.97. The summed E-state index contributed by atoms with van der Waals surface area (Å²) in [5.41, 5.74) is 5.98. The summed E-state index contributed by atoms with van der Waals surface area (Å²) in [5, 5.41) is 0. The molecule has 1 fully saturated rings. The molecule has 0 bridgehead atoms. The van der Waals surface area contributed by atoms with Crippen molar-refractivity contribution in [1.82, 2.24) is 4.90 Å². The van der Waals surface area contributed by atoms with Gasteiger partial charge in [-0.05, 0) is 31.2 Å². The van der Waals surface area contributed by atoms with E-state index in [0.29, 0.717) is 18.0 Å². The van der Waals surface area contributed by atoms with Crippen molar-refractivity contribution in [3.8, 4) is 11.5 Å². The van der Waals surface area contributed by atoms with Crippen LogP contribution in [0.1, 0.15) is 13.3 Å². The molecule has 2 aromatic rings. The highest BCUT2D eigenvalue weighted by atomic mass is 19.1. The Bertz CT molecular complexity index is 680. The van der Waals surface area contributed by atoms with Crippen LogP contribution in [0, 0.1) is 5.82 Å². The van der Waals surface area contributed by atoms with Crippen molar-refractivity contribution in [2.75, 3.05) is 32.0 Å². The Hall–Kier alpha value is -2.27. The van der Waals surface area contributed by atoms with Gasteiger partial charge in [0.05, 0.1) is 5.69 Å². The molecule has 0 aromatic heterocycles. The molecule has 1 unspecified atom stereocenters. The number of rotatable bonds is 6. The zero-order valence-electron chi connectivity index (χ0n) is 13.9. The number of nitrogens with zero attached hydrogens (tertiary/aromatic N) is 1. The molecule has 3 rings (SSSR count). The summed E-state index contributed by atoms with van der Waals surface area (Å²) in [6.07, 6.45) is 0.869. The number of halogens is 1. The predicted molar refractivity (Wildman–Crippen MR) is 92.8 cm³/mol. The minimum atomic E-state index is -0.366. The number of nitrogen functional groups attached to an aromatic ring is 1. The molecule has 1 atom stereocenters. The fraction of sp³-hybridized carbons (Fsp3) is 0.368. The van der Waals surface area contributed by atoms with E-state index in [1.54, 1.807) is 0 Å². The molecule has 4 nitrogen and oxygen atoms in total. The van der Waals surface area contributed by atoms with Crippen LogP contribution in [0.3, 0.4) is 0 Å². The van der Waals surface area contributed by atoms with Gasteiger partial charge in [0.2, 0.25) is 0 Å². The zero-order chi connectivity index (χ0) is 17.0. The summed E-state index contributed by atoms with van der Waals surface area (Å²) in [5.74, 6) is 0.956. The molecule has 1 aliphatic rings. The van der Waals surface area contributed by atoms with Crippen LogP contribution >= 0.6 is 0 Å². The van der Waals surface area contributed by atoms with Crippen LogP contribution < -0.4 is 15.2 Å². The van der Waals surface area contributed by atoms with Crippen LogP contribution in [0.2, 0.25) is 0 Å². The number of nitrogens with two attached hydrogens (primary N) is 1. The SMILES string of the molecule is CC1(Oc2cc(F)ccc2N)CCN(CCOc2ccccc2)C1. The lowest BCUT2D eigenvalue weighted by molar-refractivity contribution is 0.0940. The van der Waals surface area contributed by atoms with Crippen LogP contribution in [0.4, 0.5) is 10.1 Å². The molecule has 1 aliphatic heterocycles. The van der Waals surface area contributed by atoms with Gasteiger partial charge in [-0.25, -0.2) is 4.39 Å². The average Bonchev–Trinajstić information content (AvgIpc) is 2.93. The Kier molecular flexibility index (Phi) is 4.90. The first-order chi connectivity index (χ1) is 11.5. The van der Waals surface area contributed by atoms with Crippen LogP contribution in [0.15, 0.2) is 48.5 Å². The maximum Gasteiger partial charge on any atom is 0.146 e. The molecule has 2 N–H and O–H groups in total. The van der Waals surface area contributed by atoms with Crippen LogP contribution in [0.25, 0.3) is 0 Å². The monoisotopic (exact) mass is 330 g/mol. The van der Waals surface area contributed by atoms with Crippen LogP contribution in [-0.2, 0) is 0 Å². The number of benzene rings is 2. The number of likely N-dealkylation sites (tertiary alicyclic amines) is 1. The van der Waals surface area contributed by atoms with Gasteiger partial charge in [0, 0.05) is 32.1 Å². The molecule has 128 valence electrons. The van der Waals surface area contributed by atoms with Gasteiger partial charge in [-0.15, -0.1) is 0 Å². The first-order valence-corrected chi connectivity index (χ1v) is 8.18. The molecular weight excluding hydrogens is 307 g/mol. The summed E-state index contributed by atoms with van der Waals surface area (Å²) >= 11 is 0. The largest absolute Gasteiger partial charge is 0.492 e. The number of para-hydroxylation sites is 1. The van der Waals surface area contributed by atoms with Gasteiger partial charge in [0.15, 0.2) is 0 Å². The van der Waals surface area contributed by atoms with Crippen molar-refractivity contribution in [3.63, 3.8) is 0 Å². The smallest absolute Gasteiger partial charge is 0.146 e. The second kappa shape index (κ2) is 7.09. The minimum absolute atomic E-state index is 0.339. The summed E-state index contributed by atoms with van der Waals surface area (Å²) in [6.45, 7) is 5.18. The van der Waals surface area contributed by atoms with E-state index in [2.05, 4.69) is 4.90 Å². The minimum Gasteiger partial charge on any atom is -0.492 e. The van der Waals surface area contributed by atoms with Crippen LogP contribution in [-0.4, -0.2) is 36.7 Å². The lowest BCUT2D eigenvalue weighted by atomic mass is 10.1.